The van der Waals surface area contributed by atoms with Crippen LogP contribution in [0.5, 0.6) is 0 Å². The minimum atomic E-state index is -4.38. The normalized spacial score (nSPS) is 11.7. The summed E-state index contributed by atoms with van der Waals surface area (Å²) in [6.45, 7) is 4.05. The molecule has 118 valence electrons. The predicted molar refractivity (Wildman–Crippen MR) is 76.4 cm³/mol. The number of aromatic nitrogens is 2. The molecule has 0 bridgehead atoms. The number of benzene rings is 1. The smallest absolute Gasteiger partial charge is 0.328 e. The summed E-state index contributed by atoms with van der Waals surface area (Å²) in [6, 6.07) is 4.33. The average molecular weight is 311 g/mol. The molecule has 0 spiro atoms. The quantitative estimate of drug-likeness (QED) is 0.936. The van der Waals surface area contributed by atoms with E-state index in [0.717, 1.165) is 17.8 Å². The van der Waals surface area contributed by atoms with Crippen molar-refractivity contribution in [3.05, 3.63) is 48.0 Å². The molecule has 2 rings (SSSR count). The van der Waals surface area contributed by atoms with Crippen LogP contribution < -0.4 is 5.32 Å². The molecule has 2 aromatic rings. The Morgan fingerprint density at radius 2 is 1.91 bits per heavy atom. The predicted octanol–water partition coefficient (Wildman–Crippen LogP) is 3.66. The van der Waals surface area contributed by atoms with Crippen LogP contribution in [0.3, 0.4) is 0 Å². The van der Waals surface area contributed by atoms with Gasteiger partial charge in [-0.3, -0.25) is 4.79 Å². The molecule has 1 aromatic carbocycles. The van der Waals surface area contributed by atoms with Crippen molar-refractivity contribution in [2.45, 2.75) is 32.5 Å². The van der Waals surface area contributed by atoms with Crippen molar-refractivity contribution in [3.63, 3.8) is 0 Å². The number of nitrogens with zero attached hydrogens (tertiary/aromatic N) is 2. The van der Waals surface area contributed by atoms with Crippen LogP contribution in [0.1, 0.15) is 31.0 Å². The maximum Gasteiger partial charge on any atom is 0.416 e. The number of rotatable bonds is 4. The van der Waals surface area contributed by atoms with Crippen molar-refractivity contribution >= 4 is 11.6 Å². The Morgan fingerprint density at radius 3 is 2.41 bits per heavy atom. The van der Waals surface area contributed by atoms with E-state index in [1.54, 1.807) is 17.1 Å². The Hall–Kier alpha value is -2.31. The van der Waals surface area contributed by atoms with E-state index in [-0.39, 0.29) is 18.4 Å². The fourth-order valence-corrected chi connectivity index (χ4v) is 1.87. The molecule has 0 fully saturated rings. The van der Waals surface area contributed by atoms with Gasteiger partial charge in [0.2, 0.25) is 5.91 Å². The molecule has 1 heterocycles. The summed E-state index contributed by atoms with van der Waals surface area (Å²) in [6.07, 6.45) is -1.05. The Labute approximate surface area is 126 Å². The van der Waals surface area contributed by atoms with Crippen molar-refractivity contribution in [2.24, 2.45) is 0 Å². The molecule has 0 aliphatic rings. The van der Waals surface area contributed by atoms with Gasteiger partial charge in [0.1, 0.15) is 6.54 Å². The maximum absolute atomic E-state index is 12.4. The zero-order valence-corrected chi connectivity index (χ0v) is 12.2. The second-order valence-corrected chi connectivity index (χ2v) is 5.25. The number of imidazole rings is 1. The summed E-state index contributed by atoms with van der Waals surface area (Å²) in [5.41, 5.74) is 0.450. The lowest BCUT2D eigenvalue weighted by Crippen LogP contribution is -2.18. The molecule has 1 aromatic heterocycles. The highest BCUT2D eigenvalue weighted by Crippen LogP contribution is 2.29. The van der Waals surface area contributed by atoms with E-state index in [1.165, 1.54) is 12.1 Å². The van der Waals surface area contributed by atoms with Gasteiger partial charge >= 0.3 is 6.18 Å². The molecule has 22 heavy (non-hydrogen) atoms. The number of halogens is 3. The van der Waals surface area contributed by atoms with E-state index in [9.17, 15) is 18.0 Å². The molecule has 1 amide bonds. The van der Waals surface area contributed by atoms with Crippen molar-refractivity contribution < 1.29 is 18.0 Å². The van der Waals surface area contributed by atoms with Gasteiger partial charge in [-0.15, -0.1) is 0 Å². The van der Waals surface area contributed by atoms with E-state index in [0.29, 0.717) is 5.69 Å². The van der Waals surface area contributed by atoms with E-state index in [1.807, 2.05) is 13.8 Å². The molecule has 0 unspecified atom stereocenters. The standard InChI is InChI=1S/C15H16F3N3O/c1-10(2)13-7-21(9-19-13)8-14(22)20-12-5-3-11(4-6-12)15(16,17)18/h3-7,9-10H,8H2,1-2H3,(H,20,22). The Kier molecular flexibility index (Phi) is 4.54. The SMILES string of the molecule is CC(C)c1cn(CC(=O)Nc2ccc(C(F)(F)F)cc2)cn1. The summed E-state index contributed by atoms with van der Waals surface area (Å²) in [4.78, 5) is 16.0. The van der Waals surface area contributed by atoms with E-state index in [2.05, 4.69) is 10.3 Å². The van der Waals surface area contributed by atoms with E-state index in [4.69, 9.17) is 0 Å². The Bertz CT molecular complexity index is 645. The van der Waals surface area contributed by atoms with E-state index >= 15 is 0 Å². The monoisotopic (exact) mass is 311 g/mol. The summed E-state index contributed by atoms with van der Waals surface area (Å²) < 4.78 is 39.0. The molecule has 0 aliphatic heterocycles. The first-order valence-electron chi connectivity index (χ1n) is 6.74. The fourth-order valence-electron chi connectivity index (χ4n) is 1.87. The number of amides is 1. The largest absolute Gasteiger partial charge is 0.416 e. The zero-order chi connectivity index (χ0) is 16.3. The molecule has 1 N–H and O–H groups in total. The van der Waals surface area contributed by atoms with Crippen LogP contribution in [0, 0.1) is 0 Å². The lowest BCUT2D eigenvalue weighted by Gasteiger charge is -2.09. The van der Waals surface area contributed by atoms with Gasteiger partial charge in [-0.1, -0.05) is 13.8 Å². The third-order valence-electron chi connectivity index (χ3n) is 3.07. The molecule has 4 nitrogen and oxygen atoms in total. The highest BCUT2D eigenvalue weighted by atomic mass is 19.4. The minimum Gasteiger partial charge on any atom is -0.328 e. The van der Waals surface area contributed by atoms with Crippen LogP contribution in [0.25, 0.3) is 0 Å². The van der Waals surface area contributed by atoms with Gasteiger partial charge in [-0.2, -0.15) is 13.2 Å². The first-order chi connectivity index (χ1) is 10.3. The van der Waals surface area contributed by atoms with Crippen molar-refractivity contribution in [2.75, 3.05) is 5.32 Å². The topological polar surface area (TPSA) is 46.9 Å². The molecule has 0 saturated carbocycles. The molecule has 7 heteroatoms. The number of hydrogen-bond acceptors (Lipinski definition) is 2. The molecule has 0 radical (unpaired) electrons. The van der Waals surface area contributed by atoms with Crippen LogP contribution in [-0.2, 0) is 17.5 Å². The molecular weight excluding hydrogens is 295 g/mol. The number of alkyl halides is 3. The third-order valence-corrected chi connectivity index (χ3v) is 3.07. The minimum absolute atomic E-state index is 0.0563. The summed E-state index contributed by atoms with van der Waals surface area (Å²) >= 11 is 0. The van der Waals surface area contributed by atoms with Crippen LogP contribution >= 0.6 is 0 Å². The number of anilines is 1. The van der Waals surface area contributed by atoms with Gasteiger partial charge < -0.3 is 9.88 Å². The molecule has 0 atom stereocenters. The average Bonchev–Trinajstić information content (AvgIpc) is 2.86. The van der Waals surface area contributed by atoms with E-state index < -0.39 is 11.7 Å². The lowest BCUT2D eigenvalue weighted by atomic mass is 10.2. The van der Waals surface area contributed by atoms with Crippen LogP contribution in [0.4, 0.5) is 18.9 Å². The lowest BCUT2D eigenvalue weighted by molar-refractivity contribution is -0.137. The summed E-state index contributed by atoms with van der Waals surface area (Å²) in [5, 5.41) is 2.55. The van der Waals surface area contributed by atoms with Crippen LogP contribution in [0.2, 0.25) is 0 Å². The van der Waals surface area contributed by atoms with Gasteiger partial charge in [-0.25, -0.2) is 4.98 Å². The third kappa shape index (κ3) is 4.09. The number of carbonyl (C=O) groups is 1. The van der Waals surface area contributed by atoms with Crippen LogP contribution in [-0.4, -0.2) is 15.5 Å². The zero-order valence-electron chi connectivity index (χ0n) is 12.2. The van der Waals surface area contributed by atoms with Gasteiger partial charge in [0.05, 0.1) is 17.6 Å². The van der Waals surface area contributed by atoms with Gasteiger partial charge in [0.15, 0.2) is 0 Å². The Balaban J connectivity index is 1.96. The molecular formula is C15H16F3N3O. The highest BCUT2D eigenvalue weighted by Gasteiger charge is 2.29. The number of hydrogen-bond donors (Lipinski definition) is 1. The van der Waals surface area contributed by atoms with Gasteiger partial charge in [-0.05, 0) is 30.2 Å². The van der Waals surface area contributed by atoms with Crippen molar-refractivity contribution in [3.8, 4) is 0 Å². The second-order valence-electron chi connectivity index (χ2n) is 5.25. The fraction of sp³-hybridized carbons (Fsp3) is 0.333. The molecule has 0 aliphatic carbocycles. The first-order valence-corrected chi connectivity index (χ1v) is 6.74. The maximum atomic E-state index is 12.4. The molecule has 0 saturated heterocycles. The van der Waals surface area contributed by atoms with Gasteiger partial charge in [0, 0.05) is 11.9 Å². The number of nitrogens with one attached hydrogen (secondary N) is 1. The first kappa shape index (κ1) is 16.1. The number of carbonyl (C=O) groups excluding carboxylic acids is 1. The van der Waals surface area contributed by atoms with Gasteiger partial charge in [0.25, 0.3) is 0 Å². The highest BCUT2D eigenvalue weighted by molar-refractivity contribution is 5.90. The summed E-state index contributed by atoms with van der Waals surface area (Å²) in [5.74, 6) is -0.0633. The van der Waals surface area contributed by atoms with Crippen molar-refractivity contribution in [1.29, 1.82) is 0 Å². The Morgan fingerprint density at radius 1 is 1.27 bits per heavy atom. The second kappa shape index (κ2) is 6.21. The van der Waals surface area contributed by atoms with Crippen LogP contribution in [0.15, 0.2) is 36.8 Å². The van der Waals surface area contributed by atoms with Crippen molar-refractivity contribution in [1.82, 2.24) is 9.55 Å². The summed E-state index contributed by atoms with van der Waals surface area (Å²) in [7, 11) is 0.